The van der Waals surface area contributed by atoms with E-state index in [0.717, 1.165) is 0 Å². The Morgan fingerprint density at radius 3 is 3.05 bits per heavy atom. The Kier molecular flexibility index (Phi) is 7.87. The smallest absolute Gasteiger partial charge is 0.221 e. The van der Waals surface area contributed by atoms with Crippen molar-refractivity contribution in [3.05, 3.63) is 29.8 Å². The predicted octanol–water partition coefficient (Wildman–Crippen LogP) is 0.414. The first-order valence-corrected chi connectivity index (χ1v) is 6.94. The van der Waals surface area contributed by atoms with E-state index >= 15 is 0 Å². The second kappa shape index (κ2) is 9.75. The van der Waals surface area contributed by atoms with Crippen molar-refractivity contribution < 1.29 is 14.6 Å². The molecule has 0 aliphatic rings. The fourth-order valence-corrected chi connectivity index (χ4v) is 1.66. The van der Waals surface area contributed by atoms with Crippen molar-refractivity contribution >= 4 is 5.91 Å². The van der Waals surface area contributed by atoms with Crippen LogP contribution in [0.4, 0.5) is 0 Å². The van der Waals surface area contributed by atoms with Crippen molar-refractivity contribution in [1.29, 1.82) is 5.26 Å². The van der Waals surface area contributed by atoms with Crippen molar-refractivity contribution in [1.82, 2.24) is 10.6 Å². The SMILES string of the molecule is CCNC(=O)CCNCC(O)COc1cccc(C#N)c1. The third-order valence-electron chi connectivity index (χ3n) is 2.69. The van der Waals surface area contributed by atoms with Gasteiger partial charge in [-0.3, -0.25) is 4.79 Å². The minimum atomic E-state index is -0.676. The molecule has 0 saturated heterocycles. The van der Waals surface area contributed by atoms with E-state index in [1.165, 1.54) is 0 Å². The van der Waals surface area contributed by atoms with Crippen LogP contribution in [0.2, 0.25) is 0 Å². The molecule has 1 unspecified atom stereocenters. The van der Waals surface area contributed by atoms with Crippen LogP contribution in [0.1, 0.15) is 18.9 Å². The van der Waals surface area contributed by atoms with E-state index in [9.17, 15) is 9.90 Å². The Labute approximate surface area is 124 Å². The van der Waals surface area contributed by atoms with Gasteiger partial charge >= 0.3 is 0 Å². The van der Waals surface area contributed by atoms with Crippen LogP contribution in [0.25, 0.3) is 0 Å². The summed E-state index contributed by atoms with van der Waals surface area (Å²) in [6.45, 7) is 3.47. The topological polar surface area (TPSA) is 94.4 Å². The molecule has 0 bridgehead atoms. The maximum atomic E-state index is 11.2. The number of carbonyl (C=O) groups excluding carboxylic acids is 1. The quantitative estimate of drug-likeness (QED) is 0.573. The molecule has 6 heteroatoms. The molecular formula is C15H21N3O3. The van der Waals surface area contributed by atoms with Crippen LogP contribution in [0, 0.1) is 11.3 Å². The molecule has 0 aromatic heterocycles. The fraction of sp³-hybridized carbons (Fsp3) is 0.467. The van der Waals surface area contributed by atoms with E-state index in [1.807, 2.05) is 13.0 Å². The molecule has 0 fully saturated rings. The molecule has 0 aliphatic heterocycles. The molecule has 114 valence electrons. The molecular weight excluding hydrogens is 270 g/mol. The van der Waals surface area contributed by atoms with Crippen LogP contribution in [-0.4, -0.2) is 43.4 Å². The first kappa shape index (κ1) is 17.0. The van der Waals surface area contributed by atoms with Gasteiger partial charge in [0.05, 0.1) is 11.6 Å². The summed E-state index contributed by atoms with van der Waals surface area (Å²) >= 11 is 0. The number of aliphatic hydroxyl groups excluding tert-OH is 1. The van der Waals surface area contributed by atoms with Gasteiger partial charge in [0.2, 0.25) is 5.91 Å². The van der Waals surface area contributed by atoms with Crippen LogP contribution in [0.3, 0.4) is 0 Å². The van der Waals surface area contributed by atoms with Gasteiger partial charge in [-0.15, -0.1) is 0 Å². The number of hydrogen-bond acceptors (Lipinski definition) is 5. The average molecular weight is 291 g/mol. The lowest BCUT2D eigenvalue weighted by molar-refractivity contribution is -0.120. The summed E-state index contributed by atoms with van der Waals surface area (Å²) in [5, 5.41) is 24.2. The van der Waals surface area contributed by atoms with Gasteiger partial charge < -0.3 is 20.5 Å². The molecule has 0 saturated carbocycles. The number of rotatable bonds is 9. The van der Waals surface area contributed by atoms with Gasteiger partial charge in [-0.2, -0.15) is 5.26 Å². The lowest BCUT2D eigenvalue weighted by atomic mass is 10.2. The van der Waals surface area contributed by atoms with Gasteiger partial charge in [-0.25, -0.2) is 0 Å². The first-order chi connectivity index (χ1) is 10.2. The van der Waals surface area contributed by atoms with Crippen LogP contribution in [-0.2, 0) is 4.79 Å². The maximum absolute atomic E-state index is 11.2. The molecule has 1 rings (SSSR count). The third-order valence-corrected chi connectivity index (χ3v) is 2.69. The van der Waals surface area contributed by atoms with Crippen molar-refractivity contribution in [2.75, 3.05) is 26.2 Å². The van der Waals surface area contributed by atoms with Crippen LogP contribution in [0.5, 0.6) is 5.75 Å². The Morgan fingerprint density at radius 1 is 1.52 bits per heavy atom. The minimum Gasteiger partial charge on any atom is -0.491 e. The molecule has 21 heavy (non-hydrogen) atoms. The standard InChI is InChI=1S/C15H21N3O3/c1-2-18-15(20)6-7-17-10-13(19)11-21-14-5-3-4-12(8-14)9-16/h3-5,8,13,17,19H,2,6-7,10-11H2,1H3,(H,18,20). The van der Waals surface area contributed by atoms with Gasteiger partial charge in [0.15, 0.2) is 0 Å². The zero-order chi connectivity index (χ0) is 15.5. The molecule has 0 spiro atoms. The van der Waals surface area contributed by atoms with Crippen molar-refractivity contribution in [3.63, 3.8) is 0 Å². The number of nitriles is 1. The molecule has 0 heterocycles. The Morgan fingerprint density at radius 2 is 2.33 bits per heavy atom. The Bertz CT molecular complexity index is 485. The number of carbonyl (C=O) groups is 1. The van der Waals surface area contributed by atoms with E-state index in [4.69, 9.17) is 10.00 Å². The van der Waals surface area contributed by atoms with Crippen molar-refractivity contribution in [2.45, 2.75) is 19.4 Å². The average Bonchev–Trinajstić information content (AvgIpc) is 2.50. The number of aliphatic hydroxyl groups is 1. The van der Waals surface area contributed by atoms with E-state index in [0.29, 0.717) is 37.4 Å². The van der Waals surface area contributed by atoms with Gasteiger partial charge in [-0.05, 0) is 25.1 Å². The summed E-state index contributed by atoms with van der Waals surface area (Å²) in [6, 6.07) is 8.79. The molecule has 1 aromatic rings. The first-order valence-electron chi connectivity index (χ1n) is 6.94. The lowest BCUT2D eigenvalue weighted by Crippen LogP contribution is -2.34. The summed E-state index contributed by atoms with van der Waals surface area (Å²) in [5.41, 5.74) is 0.516. The summed E-state index contributed by atoms with van der Waals surface area (Å²) in [5.74, 6) is 0.541. The van der Waals surface area contributed by atoms with E-state index < -0.39 is 6.10 Å². The Balaban J connectivity index is 2.17. The van der Waals surface area contributed by atoms with Crippen molar-refractivity contribution in [3.8, 4) is 11.8 Å². The maximum Gasteiger partial charge on any atom is 0.221 e. The van der Waals surface area contributed by atoms with E-state index in [-0.39, 0.29) is 12.5 Å². The second-order valence-corrected chi connectivity index (χ2v) is 4.51. The molecule has 0 radical (unpaired) electrons. The summed E-state index contributed by atoms with van der Waals surface area (Å²) in [4.78, 5) is 11.2. The zero-order valence-electron chi connectivity index (χ0n) is 12.1. The fourth-order valence-electron chi connectivity index (χ4n) is 1.66. The minimum absolute atomic E-state index is 0.0101. The summed E-state index contributed by atoms with van der Waals surface area (Å²) < 4.78 is 5.41. The van der Waals surface area contributed by atoms with Gasteiger partial charge in [0, 0.05) is 26.1 Å². The highest BCUT2D eigenvalue weighted by Gasteiger charge is 2.06. The van der Waals surface area contributed by atoms with Gasteiger partial charge in [0.25, 0.3) is 0 Å². The van der Waals surface area contributed by atoms with E-state index in [1.54, 1.807) is 24.3 Å². The zero-order valence-corrected chi connectivity index (χ0v) is 12.1. The second-order valence-electron chi connectivity index (χ2n) is 4.51. The van der Waals surface area contributed by atoms with Gasteiger partial charge in [0.1, 0.15) is 18.5 Å². The normalized spacial score (nSPS) is 11.5. The lowest BCUT2D eigenvalue weighted by Gasteiger charge is -2.13. The van der Waals surface area contributed by atoms with Crippen LogP contribution in [0.15, 0.2) is 24.3 Å². The number of nitrogens with one attached hydrogen (secondary N) is 2. The summed E-state index contributed by atoms with van der Waals surface area (Å²) in [7, 11) is 0. The highest BCUT2D eigenvalue weighted by molar-refractivity contribution is 5.75. The number of amides is 1. The van der Waals surface area contributed by atoms with Gasteiger partial charge in [-0.1, -0.05) is 6.07 Å². The highest BCUT2D eigenvalue weighted by atomic mass is 16.5. The molecule has 1 amide bonds. The predicted molar refractivity (Wildman–Crippen MR) is 78.8 cm³/mol. The van der Waals surface area contributed by atoms with E-state index in [2.05, 4.69) is 10.6 Å². The number of hydrogen-bond donors (Lipinski definition) is 3. The number of nitrogens with zero attached hydrogens (tertiary/aromatic N) is 1. The van der Waals surface area contributed by atoms with Crippen molar-refractivity contribution in [2.24, 2.45) is 0 Å². The largest absolute Gasteiger partial charge is 0.491 e. The number of ether oxygens (including phenoxy) is 1. The molecule has 1 atom stereocenters. The van der Waals surface area contributed by atoms with Crippen LogP contribution < -0.4 is 15.4 Å². The molecule has 0 aliphatic carbocycles. The molecule has 3 N–H and O–H groups in total. The highest BCUT2D eigenvalue weighted by Crippen LogP contribution is 2.12. The molecule has 1 aromatic carbocycles. The summed E-state index contributed by atoms with van der Waals surface area (Å²) in [6.07, 6.45) is -0.295. The monoisotopic (exact) mass is 291 g/mol. The van der Waals surface area contributed by atoms with Crippen LogP contribution >= 0.6 is 0 Å². The molecule has 6 nitrogen and oxygen atoms in total. The Hall–Kier alpha value is -2.10. The third kappa shape index (κ3) is 7.30. The number of benzene rings is 1.